The molecule has 0 saturated carbocycles. The second kappa shape index (κ2) is 6.59. The molecule has 7 nitrogen and oxygen atoms in total. The Morgan fingerprint density at radius 2 is 1.96 bits per heavy atom. The fourth-order valence-electron chi connectivity index (χ4n) is 3.43. The van der Waals surface area contributed by atoms with Crippen molar-refractivity contribution >= 4 is 5.95 Å². The molecule has 2 saturated heterocycles. The van der Waals surface area contributed by atoms with E-state index in [-0.39, 0.29) is 6.10 Å². The van der Waals surface area contributed by atoms with E-state index in [0.29, 0.717) is 19.1 Å². The molecular formula is C16H24N4O3. The number of fused-ring (bicyclic) bond motifs is 1. The lowest BCUT2D eigenvalue weighted by Crippen LogP contribution is -2.44. The van der Waals surface area contributed by atoms with Crippen LogP contribution in [0.15, 0.2) is 0 Å². The van der Waals surface area contributed by atoms with Gasteiger partial charge in [-0.15, -0.1) is 0 Å². The molecule has 126 valence electrons. The van der Waals surface area contributed by atoms with E-state index in [1.165, 1.54) is 6.42 Å². The first-order valence-corrected chi connectivity index (χ1v) is 8.59. The molecule has 3 heterocycles. The van der Waals surface area contributed by atoms with Gasteiger partial charge in [0.15, 0.2) is 6.10 Å². The first kappa shape index (κ1) is 15.1. The topological polar surface area (TPSA) is 79.7 Å². The van der Waals surface area contributed by atoms with E-state index in [1.54, 1.807) is 0 Å². The van der Waals surface area contributed by atoms with Gasteiger partial charge in [-0.25, -0.2) is 4.98 Å². The van der Waals surface area contributed by atoms with E-state index in [9.17, 15) is 5.11 Å². The summed E-state index contributed by atoms with van der Waals surface area (Å²) in [6.45, 7) is 4.48. The monoisotopic (exact) mass is 320 g/mol. The average Bonchev–Trinajstić information content (AvgIpc) is 3.00. The Morgan fingerprint density at radius 3 is 2.74 bits per heavy atom. The summed E-state index contributed by atoms with van der Waals surface area (Å²) in [5.41, 5.74) is 2.23. The molecule has 0 spiro atoms. The van der Waals surface area contributed by atoms with Crippen LogP contribution in [0.1, 0.15) is 24.1 Å². The van der Waals surface area contributed by atoms with E-state index in [4.69, 9.17) is 19.4 Å². The first-order valence-electron chi connectivity index (χ1n) is 8.59. The maximum atomic E-state index is 9.96. The van der Waals surface area contributed by atoms with Gasteiger partial charge in [0.1, 0.15) is 6.10 Å². The number of hydrogen-bond donors (Lipinski definition) is 2. The van der Waals surface area contributed by atoms with E-state index in [2.05, 4.69) is 10.2 Å². The number of anilines is 1. The SMILES string of the molecule is O[C@@H]1COC[C@H]1Oc1nc(N2CCNCC2)nc2c1CCCC2. The molecule has 0 unspecified atom stereocenters. The van der Waals surface area contributed by atoms with Crippen molar-refractivity contribution in [3.8, 4) is 5.88 Å². The maximum absolute atomic E-state index is 9.96. The van der Waals surface area contributed by atoms with E-state index < -0.39 is 6.10 Å². The quantitative estimate of drug-likeness (QED) is 0.805. The highest BCUT2D eigenvalue weighted by molar-refractivity contribution is 5.42. The van der Waals surface area contributed by atoms with E-state index >= 15 is 0 Å². The highest BCUT2D eigenvalue weighted by Gasteiger charge is 2.31. The van der Waals surface area contributed by atoms with Crippen molar-refractivity contribution in [3.63, 3.8) is 0 Å². The van der Waals surface area contributed by atoms with Gasteiger partial charge in [-0.05, 0) is 25.7 Å². The minimum atomic E-state index is -0.577. The number of piperazine rings is 1. The lowest BCUT2D eigenvalue weighted by molar-refractivity contribution is 0.0694. The summed E-state index contributed by atoms with van der Waals surface area (Å²) in [6.07, 6.45) is 3.34. The fourth-order valence-corrected chi connectivity index (χ4v) is 3.43. The van der Waals surface area contributed by atoms with Crippen molar-refractivity contribution in [2.75, 3.05) is 44.3 Å². The zero-order chi connectivity index (χ0) is 15.6. The van der Waals surface area contributed by atoms with Gasteiger partial charge in [-0.3, -0.25) is 0 Å². The Kier molecular flexibility index (Phi) is 4.33. The smallest absolute Gasteiger partial charge is 0.228 e. The van der Waals surface area contributed by atoms with Crippen LogP contribution in [0, 0.1) is 0 Å². The van der Waals surface area contributed by atoms with Gasteiger partial charge in [0.05, 0.1) is 18.9 Å². The van der Waals surface area contributed by atoms with Gasteiger partial charge in [0.2, 0.25) is 11.8 Å². The highest BCUT2D eigenvalue weighted by atomic mass is 16.6. The number of ether oxygens (including phenoxy) is 2. The normalized spacial score (nSPS) is 27.8. The van der Waals surface area contributed by atoms with E-state index in [1.807, 2.05) is 0 Å². The van der Waals surface area contributed by atoms with Crippen LogP contribution in [-0.2, 0) is 17.6 Å². The Labute approximate surface area is 136 Å². The summed E-state index contributed by atoms with van der Waals surface area (Å²) in [6, 6.07) is 0. The third-order valence-corrected chi connectivity index (χ3v) is 4.80. The van der Waals surface area contributed by atoms with Gasteiger partial charge in [0, 0.05) is 31.7 Å². The van der Waals surface area contributed by atoms with Crippen LogP contribution in [0.25, 0.3) is 0 Å². The minimum Gasteiger partial charge on any atom is -0.469 e. The molecular weight excluding hydrogens is 296 g/mol. The zero-order valence-corrected chi connectivity index (χ0v) is 13.3. The number of aromatic nitrogens is 2. The summed E-state index contributed by atoms with van der Waals surface area (Å²) >= 11 is 0. The lowest BCUT2D eigenvalue weighted by Gasteiger charge is -2.29. The molecule has 0 radical (unpaired) electrons. The molecule has 4 rings (SSSR count). The van der Waals surface area contributed by atoms with E-state index in [0.717, 1.165) is 62.6 Å². The number of aliphatic hydroxyl groups is 1. The molecule has 7 heteroatoms. The Hall–Kier alpha value is -1.44. The van der Waals surface area contributed by atoms with Gasteiger partial charge >= 0.3 is 0 Å². The van der Waals surface area contributed by atoms with Crippen molar-refractivity contribution < 1.29 is 14.6 Å². The number of nitrogens with one attached hydrogen (secondary N) is 1. The molecule has 3 aliphatic rings. The summed E-state index contributed by atoms with van der Waals surface area (Å²) in [7, 11) is 0. The van der Waals surface area contributed by atoms with Crippen LogP contribution in [0.5, 0.6) is 5.88 Å². The van der Waals surface area contributed by atoms with Crippen LogP contribution in [0.3, 0.4) is 0 Å². The third-order valence-electron chi connectivity index (χ3n) is 4.80. The molecule has 2 N–H and O–H groups in total. The number of aliphatic hydroxyl groups excluding tert-OH is 1. The summed E-state index contributed by atoms with van der Waals surface area (Å²) in [5, 5.41) is 13.3. The lowest BCUT2D eigenvalue weighted by atomic mass is 9.97. The van der Waals surface area contributed by atoms with Crippen molar-refractivity contribution in [2.45, 2.75) is 37.9 Å². The minimum absolute atomic E-state index is 0.327. The number of aryl methyl sites for hydroxylation is 1. The van der Waals surface area contributed by atoms with Crippen LogP contribution >= 0.6 is 0 Å². The van der Waals surface area contributed by atoms with Gasteiger partial charge in [-0.1, -0.05) is 0 Å². The van der Waals surface area contributed by atoms with Crippen LogP contribution in [0.4, 0.5) is 5.95 Å². The highest BCUT2D eigenvalue weighted by Crippen LogP contribution is 2.30. The van der Waals surface area contributed by atoms with Crippen LogP contribution < -0.4 is 15.0 Å². The van der Waals surface area contributed by atoms with Crippen molar-refractivity contribution in [1.29, 1.82) is 0 Å². The number of rotatable bonds is 3. The molecule has 2 fully saturated rings. The molecule has 2 atom stereocenters. The van der Waals surface area contributed by atoms with Crippen LogP contribution in [-0.4, -0.2) is 66.7 Å². The number of hydrogen-bond acceptors (Lipinski definition) is 7. The van der Waals surface area contributed by atoms with Crippen molar-refractivity contribution in [1.82, 2.24) is 15.3 Å². The van der Waals surface area contributed by atoms with Crippen molar-refractivity contribution in [2.24, 2.45) is 0 Å². The predicted octanol–water partition coefficient (Wildman–Crippen LogP) is -0.0965. The van der Waals surface area contributed by atoms with Crippen LogP contribution in [0.2, 0.25) is 0 Å². The molecule has 0 aromatic carbocycles. The summed E-state index contributed by atoms with van der Waals surface area (Å²) < 4.78 is 11.3. The summed E-state index contributed by atoms with van der Waals surface area (Å²) in [4.78, 5) is 11.7. The molecule has 1 aromatic heterocycles. The largest absolute Gasteiger partial charge is 0.469 e. The maximum Gasteiger partial charge on any atom is 0.228 e. The third kappa shape index (κ3) is 3.13. The molecule has 2 aliphatic heterocycles. The second-order valence-corrected chi connectivity index (χ2v) is 6.46. The molecule has 1 aliphatic carbocycles. The molecule has 0 amide bonds. The summed E-state index contributed by atoms with van der Waals surface area (Å²) in [5.74, 6) is 1.41. The first-order chi connectivity index (χ1) is 11.3. The fraction of sp³-hybridized carbons (Fsp3) is 0.750. The Balaban J connectivity index is 1.64. The predicted molar refractivity (Wildman–Crippen MR) is 85.0 cm³/mol. The number of nitrogens with zero attached hydrogens (tertiary/aromatic N) is 3. The van der Waals surface area contributed by atoms with Gasteiger partial charge in [-0.2, -0.15) is 4.98 Å². The Bertz CT molecular complexity index is 563. The standard InChI is InChI=1S/C16H24N4O3/c21-13-9-22-10-14(13)23-15-11-3-1-2-4-12(11)18-16(19-15)20-7-5-17-6-8-20/h13-14,17,21H,1-10H2/t13-,14-/m1/s1. The Morgan fingerprint density at radius 1 is 1.13 bits per heavy atom. The van der Waals surface area contributed by atoms with Crippen molar-refractivity contribution in [3.05, 3.63) is 11.3 Å². The molecule has 1 aromatic rings. The zero-order valence-electron chi connectivity index (χ0n) is 13.3. The molecule has 23 heavy (non-hydrogen) atoms. The van der Waals surface area contributed by atoms with Gasteiger partial charge < -0.3 is 24.8 Å². The molecule has 0 bridgehead atoms. The van der Waals surface area contributed by atoms with Gasteiger partial charge in [0.25, 0.3) is 0 Å². The average molecular weight is 320 g/mol. The second-order valence-electron chi connectivity index (χ2n) is 6.46.